The number of likely N-dealkylation sites (tertiary alicyclic amines) is 1. The van der Waals surface area contributed by atoms with Crippen LogP contribution in [0.5, 0.6) is 0 Å². The normalized spacial score (nSPS) is 17.4. The first-order valence-corrected chi connectivity index (χ1v) is 11.6. The summed E-state index contributed by atoms with van der Waals surface area (Å²) in [5.74, 6) is 0.664. The molecule has 1 fully saturated rings. The molecule has 3 rings (SSSR count). The minimum atomic E-state index is -0.526. The summed E-state index contributed by atoms with van der Waals surface area (Å²) in [6, 6.07) is 15.1. The van der Waals surface area contributed by atoms with Gasteiger partial charge in [-0.25, -0.2) is 9.78 Å². The molecule has 1 aliphatic rings. The van der Waals surface area contributed by atoms with Crippen LogP contribution in [0.2, 0.25) is 0 Å². The third kappa shape index (κ3) is 6.79. The highest BCUT2D eigenvalue weighted by Gasteiger charge is 2.26. The Morgan fingerprint density at radius 3 is 2.58 bits per heavy atom. The lowest BCUT2D eigenvalue weighted by molar-refractivity contribution is 0.0578. The zero-order valence-corrected chi connectivity index (χ0v) is 19.5. The maximum atomic E-state index is 12.8. The number of aromatic nitrogens is 1. The second-order valence-corrected chi connectivity index (χ2v) is 9.40. The van der Waals surface area contributed by atoms with Gasteiger partial charge in [0.15, 0.2) is 0 Å². The maximum Gasteiger partial charge on any atom is 0.416 e. The van der Waals surface area contributed by atoms with E-state index in [-0.39, 0.29) is 6.09 Å². The Balaban J connectivity index is 1.76. The molecule has 1 aliphatic heterocycles. The summed E-state index contributed by atoms with van der Waals surface area (Å²) < 4.78 is 5.62. The Labute approximate surface area is 187 Å². The van der Waals surface area contributed by atoms with Crippen molar-refractivity contribution in [3.63, 3.8) is 0 Å². The largest absolute Gasteiger partial charge is 0.443 e. The fraction of sp³-hybridized carbons (Fsp3) is 0.538. The van der Waals surface area contributed by atoms with Crippen LogP contribution in [0.3, 0.4) is 0 Å². The first-order valence-electron chi connectivity index (χ1n) is 11.6. The molecule has 1 saturated heterocycles. The van der Waals surface area contributed by atoms with Crippen LogP contribution >= 0.6 is 0 Å². The molecule has 1 amide bonds. The van der Waals surface area contributed by atoms with E-state index in [2.05, 4.69) is 48.2 Å². The number of ether oxygens (including phenoxy) is 1. The van der Waals surface area contributed by atoms with Crippen LogP contribution in [0.4, 0.5) is 10.6 Å². The van der Waals surface area contributed by atoms with Crippen molar-refractivity contribution < 1.29 is 9.53 Å². The van der Waals surface area contributed by atoms with E-state index in [1.165, 1.54) is 24.0 Å². The number of carbonyl (C=O) groups excluding carboxylic acids is 1. The van der Waals surface area contributed by atoms with Crippen LogP contribution in [0, 0.1) is 0 Å². The third-order valence-electron chi connectivity index (χ3n) is 5.62. The molecular weight excluding hydrogens is 386 g/mol. The molecule has 0 radical (unpaired) electrons. The SMILES string of the molecule is CCCCN(C(=O)OC(C)(C)C)c1ccc(C2CCCCN2Cc2ccccc2)cn1. The number of benzene rings is 1. The van der Waals surface area contributed by atoms with Crippen molar-refractivity contribution in [1.82, 2.24) is 9.88 Å². The van der Waals surface area contributed by atoms with Gasteiger partial charge in [-0.15, -0.1) is 0 Å². The van der Waals surface area contributed by atoms with Crippen LogP contribution < -0.4 is 4.90 Å². The summed E-state index contributed by atoms with van der Waals surface area (Å²) in [7, 11) is 0. The number of anilines is 1. The standard InChI is InChI=1S/C26H37N3O2/c1-5-6-18-29(25(30)31-26(2,3)4)24-16-15-22(19-27-24)23-14-10-11-17-28(23)20-21-12-8-7-9-13-21/h7-9,12-13,15-16,19,23H,5-6,10-11,14,17-18,20H2,1-4H3. The molecule has 5 nitrogen and oxygen atoms in total. The molecule has 0 aliphatic carbocycles. The van der Waals surface area contributed by atoms with Gasteiger partial charge in [0.25, 0.3) is 0 Å². The maximum absolute atomic E-state index is 12.8. The summed E-state index contributed by atoms with van der Waals surface area (Å²) >= 11 is 0. The van der Waals surface area contributed by atoms with Gasteiger partial charge in [-0.3, -0.25) is 9.80 Å². The molecule has 31 heavy (non-hydrogen) atoms. The third-order valence-corrected chi connectivity index (χ3v) is 5.62. The fourth-order valence-electron chi connectivity index (χ4n) is 4.06. The lowest BCUT2D eigenvalue weighted by Crippen LogP contribution is -2.38. The van der Waals surface area contributed by atoms with Crippen molar-refractivity contribution in [1.29, 1.82) is 0 Å². The summed E-state index contributed by atoms with van der Waals surface area (Å²) in [6.45, 7) is 10.5. The zero-order chi connectivity index (χ0) is 22.3. The van der Waals surface area contributed by atoms with Gasteiger partial charge in [0.1, 0.15) is 11.4 Å². The molecule has 0 spiro atoms. The van der Waals surface area contributed by atoms with E-state index < -0.39 is 5.60 Å². The summed E-state index contributed by atoms with van der Waals surface area (Å²) in [6.07, 6.45) is 7.15. The van der Waals surface area contributed by atoms with E-state index >= 15 is 0 Å². The average Bonchev–Trinajstić information content (AvgIpc) is 2.74. The minimum Gasteiger partial charge on any atom is -0.443 e. The number of nitrogens with zero attached hydrogens (tertiary/aromatic N) is 3. The molecule has 1 atom stereocenters. The van der Waals surface area contributed by atoms with E-state index in [0.717, 1.165) is 32.4 Å². The van der Waals surface area contributed by atoms with Crippen molar-refractivity contribution in [2.75, 3.05) is 18.0 Å². The highest BCUT2D eigenvalue weighted by Crippen LogP contribution is 2.32. The number of rotatable bonds is 7. The summed E-state index contributed by atoms with van der Waals surface area (Å²) in [5.41, 5.74) is 2.04. The number of unbranched alkanes of at least 4 members (excludes halogenated alkanes) is 1. The first kappa shape index (κ1) is 23.3. The van der Waals surface area contributed by atoms with Gasteiger partial charge in [0.05, 0.1) is 0 Å². The molecule has 0 bridgehead atoms. The quantitative estimate of drug-likeness (QED) is 0.520. The van der Waals surface area contributed by atoms with Gasteiger partial charge in [-0.2, -0.15) is 0 Å². The topological polar surface area (TPSA) is 45.7 Å². The number of hydrogen-bond acceptors (Lipinski definition) is 4. The second kappa shape index (κ2) is 10.8. The number of hydrogen-bond donors (Lipinski definition) is 0. The zero-order valence-electron chi connectivity index (χ0n) is 19.5. The van der Waals surface area contributed by atoms with Gasteiger partial charge in [0, 0.05) is 25.3 Å². The van der Waals surface area contributed by atoms with Crippen molar-refractivity contribution >= 4 is 11.9 Å². The minimum absolute atomic E-state index is 0.329. The molecule has 1 unspecified atom stereocenters. The molecule has 1 aromatic carbocycles. The highest BCUT2D eigenvalue weighted by molar-refractivity contribution is 5.86. The fourth-order valence-corrected chi connectivity index (χ4v) is 4.06. The van der Waals surface area contributed by atoms with Crippen molar-refractivity contribution in [2.24, 2.45) is 0 Å². The Bertz CT molecular complexity index is 815. The number of amides is 1. The van der Waals surface area contributed by atoms with Crippen molar-refractivity contribution in [3.8, 4) is 0 Å². The average molecular weight is 424 g/mol. The molecule has 2 aromatic rings. The number of piperidine rings is 1. The van der Waals surface area contributed by atoms with E-state index in [1.807, 2.05) is 33.0 Å². The van der Waals surface area contributed by atoms with E-state index in [4.69, 9.17) is 9.72 Å². The number of carbonyl (C=O) groups is 1. The molecule has 2 heterocycles. The van der Waals surface area contributed by atoms with Crippen LogP contribution in [0.15, 0.2) is 48.7 Å². The van der Waals surface area contributed by atoms with Crippen molar-refractivity contribution in [2.45, 2.75) is 78.0 Å². The Morgan fingerprint density at radius 1 is 1.16 bits per heavy atom. The molecule has 168 valence electrons. The van der Waals surface area contributed by atoms with E-state index in [9.17, 15) is 4.79 Å². The van der Waals surface area contributed by atoms with Gasteiger partial charge in [-0.1, -0.05) is 56.2 Å². The van der Waals surface area contributed by atoms with Crippen LogP contribution in [0.25, 0.3) is 0 Å². The predicted octanol–water partition coefficient (Wildman–Crippen LogP) is 6.35. The Kier molecular flexibility index (Phi) is 8.08. The first-order chi connectivity index (χ1) is 14.9. The summed E-state index contributed by atoms with van der Waals surface area (Å²) in [5, 5.41) is 0. The highest BCUT2D eigenvalue weighted by atomic mass is 16.6. The molecule has 0 saturated carbocycles. The lowest BCUT2D eigenvalue weighted by Gasteiger charge is -2.36. The monoisotopic (exact) mass is 423 g/mol. The van der Waals surface area contributed by atoms with Gasteiger partial charge < -0.3 is 4.74 Å². The molecule has 1 aromatic heterocycles. The van der Waals surface area contributed by atoms with Crippen LogP contribution in [-0.4, -0.2) is 34.7 Å². The van der Waals surface area contributed by atoms with Gasteiger partial charge >= 0.3 is 6.09 Å². The molecule has 0 N–H and O–H groups in total. The Morgan fingerprint density at radius 2 is 1.94 bits per heavy atom. The summed E-state index contributed by atoms with van der Waals surface area (Å²) in [4.78, 5) is 21.7. The number of pyridine rings is 1. The Hall–Kier alpha value is -2.40. The van der Waals surface area contributed by atoms with Crippen LogP contribution in [0.1, 0.15) is 77.0 Å². The van der Waals surface area contributed by atoms with Gasteiger partial charge in [-0.05, 0) is 63.8 Å². The van der Waals surface area contributed by atoms with Crippen molar-refractivity contribution in [3.05, 3.63) is 59.8 Å². The van der Waals surface area contributed by atoms with E-state index in [1.54, 1.807) is 4.90 Å². The van der Waals surface area contributed by atoms with Crippen LogP contribution in [-0.2, 0) is 11.3 Å². The smallest absolute Gasteiger partial charge is 0.416 e. The molecule has 5 heteroatoms. The van der Waals surface area contributed by atoms with Gasteiger partial charge in [0.2, 0.25) is 0 Å². The second-order valence-electron chi connectivity index (χ2n) is 9.40. The van der Waals surface area contributed by atoms with E-state index in [0.29, 0.717) is 18.4 Å². The lowest BCUT2D eigenvalue weighted by atomic mass is 9.95. The molecular formula is C26H37N3O2. The predicted molar refractivity (Wildman–Crippen MR) is 126 cm³/mol.